The molecule has 0 bridgehead atoms. The van der Waals surface area contributed by atoms with Crippen LogP contribution in [0.2, 0.25) is 0 Å². The van der Waals surface area contributed by atoms with Crippen LogP contribution in [0.25, 0.3) is 11.5 Å². The maximum absolute atomic E-state index is 12.9. The van der Waals surface area contributed by atoms with Crippen LogP contribution in [0.4, 0.5) is 9.52 Å². The van der Waals surface area contributed by atoms with Crippen molar-refractivity contribution in [3.63, 3.8) is 0 Å². The van der Waals surface area contributed by atoms with Crippen molar-refractivity contribution in [2.75, 3.05) is 12.4 Å². The minimum absolute atomic E-state index is 0.0562. The Morgan fingerprint density at radius 2 is 1.95 bits per heavy atom. The summed E-state index contributed by atoms with van der Waals surface area (Å²) in [5.74, 6) is 0.560. The third-order valence-electron chi connectivity index (χ3n) is 2.78. The standard InChI is InChI=1S/C13H12FN5OS2/c1-7(21-13-19-18-12(15-2)22-13)10-16-17-11(20-10)8-3-5-9(14)6-4-8/h3-7H,1-2H3,(H,15,18)/t7-/m0/s1. The number of hydrogen-bond donors (Lipinski definition) is 1. The molecule has 0 aliphatic rings. The SMILES string of the molecule is CNc1nnc(S[C@@H](C)c2nnc(-c3ccc(F)cc3)o2)s1. The first kappa shape index (κ1) is 14.9. The molecule has 1 aromatic carbocycles. The molecule has 2 heterocycles. The molecule has 0 saturated carbocycles. The molecule has 1 N–H and O–H groups in total. The molecule has 3 rings (SSSR count). The van der Waals surface area contributed by atoms with Crippen molar-refractivity contribution < 1.29 is 8.81 Å². The molecule has 0 aliphatic carbocycles. The van der Waals surface area contributed by atoms with Crippen LogP contribution in [0, 0.1) is 5.82 Å². The summed E-state index contributed by atoms with van der Waals surface area (Å²) in [5, 5.41) is 19.7. The van der Waals surface area contributed by atoms with Crippen molar-refractivity contribution in [1.29, 1.82) is 0 Å². The molecule has 1 atom stereocenters. The van der Waals surface area contributed by atoms with Crippen LogP contribution >= 0.6 is 23.1 Å². The van der Waals surface area contributed by atoms with E-state index in [1.54, 1.807) is 19.2 Å². The Hall–Kier alpha value is -2.00. The summed E-state index contributed by atoms with van der Waals surface area (Å²) in [6.45, 7) is 1.95. The molecule has 6 nitrogen and oxygen atoms in total. The number of hydrogen-bond acceptors (Lipinski definition) is 8. The van der Waals surface area contributed by atoms with E-state index in [2.05, 4.69) is 25.7 Å². The van der Waals surface area contributed by atoms with E-state index in [0.717, 1.165) is 9.47 Å². The summed E-state index contributed by atoms with van der Waals surface area (Å²) in [6, 6.07) is 5.93. The van der Waals surface area contributed by atoms with E-state index < -0.39 is 0 Å². The lowest BCUT2D eigenvalue weighted by Crippen LogP contribution is -1.88. The third-order valence-corrected chi connectivity index (χ3v) is 4.89. The number of nitrogens with one attached hydrogen (secondary N) is 1. The largest absolute Gasteiger partial charge is 0.419 e. The molecule has 3 aromatic rings. The van der Waals surface area contributed by atoms with E-state index in [9.17, 15) is 4.39 Å². The average molecular weight is 337 g/mol. The molecular weight excluding hydrogens is 325 g/mol. The summed E-state index contributed by atoms with van der Waals surface area (Å²) >= 11 is 2.95. The van der Waals surface area contributed by atoms with Crippen LogP contribution in [0.3, 0.4) is 0 Å². The monoisotopic (exact) mass is 337 g/mol. The Balaban J connectivity index is 1.73. The van der Waals surface area contributed by atoms with Gasteiger partial charge in [-0.05, 0) is 31.2 Å². The van der Waals surface area contributed by atoms with Gasteiger partial charge >= 0.3 is 0 Å². The van der Waals surface area contributed by atoms with Crippen LogP contribution < -0.4 is 5.32 Å². The summed E-state index contributed by atoms with van der Waals surface area (Å²) in [4.78, 5) is 0. The Morgan fingerprint density at radius 1 is 1.18 bits per heavy atom. The molecule has 0 unspecified atom stereocenters. The van der Waals surface area contributed by atoms with Crippen LogP contribution in [0.15, 0.2) is 33.0 Å². The van der Waals surface area contributed by atoms with Gasteiger partial charge in [-0.15, -0.1) is 20.4 Å². The normalized spacial score (nSPS) is 12.3. The minimum atomic E-state index is -0.302. The number of thioether (sulfide) groups is 1. The van der Waals surface area contributed by atoms with Crippen LogP contribution in [0.1, 0.15) is 18.1 Å². The highest BCUT2D eigenvalue weighted by molar-refractivity contribution is 8.01. The van der Waals surface area contributed by atoms with E-state index in [1.165, 1.54) is 35.2 Å². The number of aromatic nitrogens is 4. The smallest absolute Gasteiger partial charge is 0.247 e. The molecule has 22 heavy (non-hydrogen) atoms. The highest BCUT2D eigenvalue weighted by Gasteiger charge is 2.18. The van der Waals surface area contributed by atoms with Gasteiger partial charge in [-0.25, -0.2) is 4.39 Å². The van der Waals surface area contributed by atoms with Gasteiger partial charge in [0, 0.05) is 12.6 Å². The van der Waals surface area contributed by atoms with Gasteiger partial charge < -0.3 is 9.73 Å². The maximum atomic E-state index is 12.9. The fourth-order valence-corrected chi connectivity index (χ4v) is 3.55. The molecule has 0 saturated heterocycles. The zero-order valence-corrected chi connectivity index (χ0v) is 13.4. The highest BCUT2D eigenvalue weighted by atomic mass is 32.2. The lowest BCUT2D eigenvalue weighted by atomic mass is 10.2. The maximum Gasteiger partial charge on any atom is 0.247 e. The number of rotatable bonds is 5. The second-order valence-corrected chi connectivity index (χ2v) is 6.90. The summed E-state index contributed by atoms with van der Waals surface area (Å²) in [7, 11) is 1.80. The summed E-state index contributed by atoms with van der Waals surface area (Å²) < 4.78 is 19.4. The van der Waals surface area contributed by atoms with Gasteiger partial charge in [-0.2, -0.15) is 0 Å². The van der Waals surface area contributed by atoms with Gasteiger partial charge in [0.05, 0.1) is 5.25 Å². The Morgan fingerprint density at radius 3 is 2.64 bits per heavy atom. The second kappa shape index (κ2) is 6.41. The zero-order valence-electron chi connectivity index (χ0n) is 11.8. The Labute approximate surface area is 134 Å². The van der Waals surface area contributed by atoms with E-state index in [1.807, 2.05) is 6.92 Å². The average Bonchev–Trinajstić information content (AvgIpc) is 3.17. The van der Waals surface area contributed by atoms with Crippen LogP contribution in [0.5, 0.6) is 0 Å². The fourth-order valence-electron chi connectivity index (χ4n) is 1.67. The van der Waals surface area contributed by atoms with E-state index in [4.69, 9.17) is 4.42 Å². The first-order chi connectivity index (χ1) is 10.7. The molecule has 2 aromatic heterocycles. The van der Waals surface area contributed by atoms with Crippen molar-refractivity contribution in [2.45, 2.75) is 16.5 Å². The topological polar surface area (TPSA) is 76.7 Å². The number of nitrogens with zero attached hydrogens (tertiary/aromatic N) is 4. The molecule has 0 fully saturated rings. The first-order valence-electron chi connectivity index (χ1n) is 6.43. The van der Waals surface area contributed by atoms with E-state index >= 15 is 0 Å². The van der Waals surface area contributed by atoms with Crippen molar-refractivity contribution >= 4 is 28.2 Å². The summed E-state index contributed by atoms with van der Waals surface area (Å²) in [5.41, 5.74) is 0.686. The van der Waals surface area contributed by atoms with Crippen molar-refractivity contribution in [1.82, 2.24) is 20.4 Å². The molecule has 9 heteroatoms. The molecule has 0 spiro atoms. The quantitative estimate of drug-likeness (QED) is 0.712. The van der Waals surface area contributed by atoms with Gasteiger partial charge in [0.1, 0.15) is 5.82 Å². The first-order valence-corrected chi connectivity index (χ1v) is 8.12. The van der Waals surface area contributed by atoms with Gasteiger partial charge in [-0.1, -0.05) is 23.1 Å². The predicted molar refractivity (Wildman–Crippen MR) is 83.4 cm³/mol. The van der Waals surface area contributed by atoms with Crippen LogP contribution in [-0.4, -0.2) is 27.4 Å². The molecule has 0 radical (unpaired) electrons. The molecule has 0 aliphatic heterocycles. The molecule has 0 amide bonds. The van der Waals surface area contributed by atoms with Crippen molar-refractivity contribution in [3.8, 4) is 11.5 Å². The second-order valence-electron chi connectivity index (χ2n) is 4.34. The predicted octanol–water partition coefficient (Wildman–Crippen LogP) is 3.62. The number of anilines is 1. The minimum Gasteiger partial charge on any atom is -0.419 e. The van der Waals surface area contributed by atoms with Crippen LogP contribution in [-0.2, 0) is 0 Å². The van der Waals surface area contributed by atoms with Crippen molar-refractivity contribution in [2.24, 2.45) is 0 Å². The van der Waals surface area contributed by atoms with E-state index in [-0.39, 0.29) is 11.1 Å². The Kier molecular flexibility index (Phi) is 4.34. The van der Waals surface area contributed by atoms with Gasteiger partial charge in [-0.3, -0.25) is 0 Å². The molecular formula is C13H12FN5OS2. The number of halogens is 1. The third kappa shape index (κ3) is 3.25. The van der Waals surface area contributed by atoms with Gasteiger partial charge in [0.2, 0.25) is 16.9 Å². The summed E-state index contributed by atoms with van der Waals surface area (Å²) in [6.07, 6.45) is 0. The Bertz CT molecular complexity index is 758. The lowest BCUT2D eigenvalue weighted by Gasteiger charge is -2.02. The number of benzene rings is 1. The lowest BCUT2D eigenvalue weighted by molar-refractivity contribution is 0.509. The molecule has 114 valence electrons. The van der Waals surface area contributed by atoms with Gasteiger partial charge in [0.25, 0.3) is 0 Å². The van der Waals surface area contributed by atoms with Crippen molar-refractivity contribution in [3.05, 3.63) is 36.0 Å². The fraction of sp³-hybridized carbons (Fsp3) is 0.231. The van der Waals surface area contributed by atoms with E-state index in [0.29, 0.717) is 17.3 Å². The van der Waals surface area contributed by atoms with Gasteiger partial charge in [0.15, 0.2) is 4.34 Å². The highest BCUT2D eigenvalue weighted by Crippen LogP contribution is 2.37. The zero-order chi connectivity index (χ0) is 15.5.